The largest absolute Gasteiger partial charge is 0.370 e. The number of nitrogens with zero attached hydrogens (tertiary/aromatic N) is 2. The highest BCUT2D eigenvalue weighted by Crippen LogP contribution is 2.04. The molecule has 1 rings (SSSR count). The molecule has 0 aromatic heterocycles. The van der Waals surface area contributed by atoms with E-state index in [-0.39, 0.29) is 30.0 Å². The molecule has 17 heavy (non-hydrogen) atoms. The lowest BCUT2D eigenvalue weighted by Gasteiger charge is -2.08. The van der Waals surface area contributed by atoms with E-state index in [1.54, 1.807) is 12.1 Å². The Morgan fingerprint density at radius 1 is 1.41 bits per heavy atom. The number of nitriles is 1. The lowest BCUT2D eigenvalue weighted by molar-refractivity contribution is 0.723. The van der Waals surface area contributed by atoms with E-state index in [4.69, 9.17) is 11.0 Å². The van der Waals surface area contributed by atoms with Crippen LogP contribution in [0.3, 0.4) is 0 Å². The molecule has 0 amide bonds. The van der Waals surface area contributed by atoms with Gasteiger partial charge >= 0.3 is 0 Å². The van der Waals surface area contributed by atoms with Crippen LogP contribution < -0.4 is 11.1 Å². The highest BCUT2D eigenvalue weighted by atomic mass is 127. The molecule has 0 spiro atoms. The first-order valence-corrected chi connectivity index (χ1v) is 5.17. The first-order valence-electron chi connectivity index (χ1n) is 5.17. The van der Waals surface area contributed by atoms with E-state index >= 15 is 0 Å². The van der Waals surface area contributed by atoms with E-state index < -0.39 is 0 Å². The van der Waals surface area contributed by atoms with E-state index in [0.29, 0.717) is 18.1 Å². The molecule has 92 valence electrons. The van der Waals surface area contributed by atoms with Gasteiger partial charge in [0.2, 0.25) is 0 Å². The number of halogens is 1. The maximum absolute atomic E-state index is 8.64. The topological polar surface area (TPSA) is 74.2 Å². The average Bonchev–Trinajstić information content (AvgIpc) is 2.26. The molecule has 0 aliphatic carbocycles. The summed E-state index contributed by atoms with van der Waals surface area (Å²) in [5.41, 5.74) is 7.35. The lowest BCUT2D eigenvalue weighted by Crippen LogP contribution is -2.36. The molecule has 0 saturated carbocycles. The maximum Gasteiger partial charge on any atom is 0.189 e. The zero-order valence-electron chi connectivity index (χ0n) is 9.97. The number of rotatable bonds is 3. The Morgan fingerprint density at radius 2 is 2.00 bits per heavy atom. The Balaban J connectivity index is 0.00000256. The molecule has 0 radical (unpaired) electrons. The second kappa shape index (κ2) is 7.90. The van der Waals surface area contributed by atoms with Gasteiger partial charge in [-0.1, -0.05) is 12.1 Å². The minimum Gasteiger partial charge on any atom is -0.370 e. The highest BCUT2D eigenvalue weighted by molar-refractivity contribution is 14.0. The molecule has 1 aromatic carbocycles. The summed E-state index contributed by atoms with van der Waals surface area (Å²) in [7, 11) is 0. The number of benzene rings is 1. The molecule has 0 bridgehead atoms. The number of guanidine groups is 1. The van der Waals surface area contributed by atoms with Crippen LogP contribution >= 0.6 is 24.0 Å². The molecule has 0 saturated heterocycles. The van der Waals surface area contributed by atoms with Crippen molar-refractivity contribution < 1.29 is 0 Å². The van der Waals surface area contributed by atoms with Gasteiger partial charge in [0.05, 0.1) is 18.2 Å². The van der Waals surface area contributed by atoms with Crippen molar-refractivity contribution in [3.8, 4) is 6.07 Å². The Hall–Kier alpha value is -1.29. The monoisotopic (exact) mass is 344 g/mol. The van der Waals surface area contributed by atoms with Gasteiger partial charge < -0.3 is 11.1 Å². The SMILES string of the molecule is CC(C)NC(N)=NCc1ccc(C#N)cc1.I. The van der Waals surface area contributed by atoms with Crippen molar-refractivity contribution in [2.75, 3.05) is 0 Å². The zero-order chi connectivity index (χ0) is 12.0. The third kappa shape index (κ3) is 6.12. The van der Waals surface area contributed by atoms with Crippen LogP contribution in [0.4, 0.5) is 0 Å². The van der Waals surface area contributed by atoms with Gasteiger partial charge in [0, 0.05) is 6.04 Å². The van der Waals surface area contributed by atoms with Gasteiger partial charge in [0.1, 0.15) is 0 Å². The summed E-state index contributed by atoms with van der Waals surface area (Å²) in [6.45, 7) is 4.53. The fourth-order valence-corrected chi connectivity index (χ4v) is 1.20. The first kappa shape index (κ1) is 15.7. The van der Waals surface area contributed by atoms with Crippen LogP contribution in [0.15, 0.2) is 29.3 Å². The molecule has 0 aliphatic rings. The first-order chi connectivity index (χ1) is 7.61. The second-order valence-corrected chi connectivity index (χ2v) is 3.81. The van der Waals surface area contributed by atoms with Crippen LogP contribution in [0.25, 0.3) is 0 Å². The van der Waals surface area contributed by atoms with Crippen molar-refractivity contribution in [2.45, 2.75) is 26.4 Å². The van der Waals surface area contributed by atoms with Crippen molar-refractivity contribution in [1.29, 1.82) is 5.26 Å². The number of aliphatic imine (C=N–C) groups is 1. The third-order valence-corrected chi connectivity index (χ3v) is 1.95. The molecular weight excluding hydrogens is 327 g/mol. The van der Waals surface area contributed by atoms with Crippen LogP contribution in [-0.4, -0.2) is 12.0 Å². The van der Waals surface area contributed by atoms with Gasteiger partial charge in [-0.05, 0) is 31.5 Å². The molecule has 0 atom stereocenters. The summed E-state index contributed by atoms with van der Waals surface area (Å²) in [6, 6.07) is 9.66. The normalized spacial score (nSPS) is 10.6. The second-order valence-electron chi connectivity index (χ2n) is 3.81. The minimum absolute atomic E-state index is 0. The maximum atomic E-state index is 8.64. The van der Waals surface area contributed by atoms with Crippen LogP contribution in [0.1, 0.15) is 25.0 Å². The van der Waals surface area contributed by atoms with Gasteiger partial charge in [-0.15, -0.1) is 24.0 Å². The van der Waals surface area contributed by atoms with Crippen LogP contribution in [0.2, 0.25) is 0 Å². The molecule has 0 heterocycles. The number of nitrogens with one attached hydrogen (secondary N) is 1. The molecule has 0 aliphatic heterocycles. The Labute approximate surface area is 119 Å². The minimum atomic E-state index is 0. The highest BCUT2D eigenvalue weighted by Gasteiger charge is 1.96. The van der Waals surface area contributed by atoms with Crippen LogP contribution in [-0.2, 0) is 6.54 Å². The van der Waals surface area contributed by atoms with E-state index in [0.717, 1.165) is 5.56 Å². The number of hydrogen-bond donors (Lipinski definition) is 2. The molecular formula is C12H17IN4. The summed E-state index contributed by atoms with van der Waals surface area (Å²) < 4.78 is 0. The quantitative estimate of drug-likeness (QED) is 0.500. The van der Waals surface area contributed by atoms with Crippen LogP contribution in [0, 0.1) is 11.3 Å². The van der Waals surface area contributed by atoms with Gasteiger partial charge in [0.15, 0.2) is 5.96 Å². The van der Waals surface area contributed by atoms with E-state index in [1.165, 1.54) is 0 Å². The van der Waals surface area contributed by atoms with Crippen LogP contribution in [0.5, 0.6) is 0 Å². The van der Waals surface area contributed by atoms with Gasteiger partial charge in [0.25, 0.3) is 0 Å². The van der Waals surface area contributed by atoms with Crippen molar-refractivity contribution in [1.82, 2.24) is 5.32 Å². The average molecular weight is 344 g/mol. The fourth-order valence-electron chi connectivity index (χ4n) is 1.20. The standard InChI is InChI=1S/C12H16N4.HI/c1-9(2)16-12(14)15-8-11-5-3-10(7-13)4-6-11;/h3-6,9H,8H2,1-2H3,(H3,14,15,16);1H. The smallest absolute Gasteiger partial charge is 0.189 e. The number of hydrogen-bond acceptors (Lipinski definition) is 2. The number of nitrogens with two attached hydrogens (primary N) is 1. The molecule has 0 unspecified atom stereocenters. The zero-order valence-corrected chi connectivity index (χ0v) is 12.3. The lowest BCUT2D eigenvalue weighted by atomic mass is 10.1. The van der Waals surface area contributed by atoms with Crippen molar-refractivity contribution in [3.63, 3.8) is 0 Å². The summed E-state index contributed by atoms with van der Waals surface area (Å²) in [5.74, 6) is 0.444. The van der Waals surface area contributed by atoms with Crippen molar-refractivity contribution in [2.24, 2.45) is 10.7 Å². The predicted molar refractivity (Wildman–Crippen MR) is 80.2 cm³/mol. The molecule has 4 nitrogen and oxygen atoms in total. The summed E-state index contributed by atoms with van der Waals surface area (Å²) >= 11 is 0. The van der Waals surface area contributed by atoms with E-state index in [9.17, 15) is 0 Å². The van der Waals surface area contributed by atoms with Gasteiger partial charge in [-0.2, -0.15) is 5.26 Å². The van der Waals surface area contributed by atoms with Crippen molar-refractivity contribution >= 4 is 29.9 Å². The molecule has 3 N–H and O–H groups in total. The summed E-state index contributed by atoms with van der Waals surface area (Å²) in [4.78, 5) is 4.19. The van der Waals surface area contributed by atoms with Gasteiger partial charge in [-0.25, -0.2) is 4.99 Å². The Bertz CT molecular complexity index is 404. The molecule has 5 heteroatoms. The summed E-state index contributed by atoms with van der Waals surface area (Å²) in [6.07, 6.45) is 0. The summed E-state index contributed by atoms with van der Waals surface area (Å²) in [5, 5.41) is 11.6. The van der Waals surface area contributed by atoms with E-state index in [1.807, 2.05) is 26.0 Å². The third-order valence-electron chi connectivity index (χ3n) is 1.95. The van der Waals surface area contributed by atoms with Gasteiger partial charge in [-0.3, -0.25) is 0 Å². The van der Waals surface area contributed by atoms with E-state index in [2.05, 4.69) is 16.4 Å². The molecule has 1 aromatic rings. The Morgan fingerprint density at radius 3 is 2.47 bits per heavy atom. The van der Waals surface area contributed by atoms with Crippen molar-refractivity contribution in [3.05, 3.63) is 35.4 Å². The predicted octanol–water partition coefficient (Wildman–Crippen LogP) is 1.99. The Kier molecular flexibility index (Phi) is 7.30. The fraction of sp³-hybridized carbons (Fsp3) is 0.333. The molecule has 0 fully saturated rings.